The van der Waals surface area contributed by atoms with Crippen LogP contribution in [-0.4, -0.2) is 24.4 Å². The first kappa shape index (κ1) is 15.7. The van der Waals surface area contributed by atoms with Crippen molar-refractivity contribution in [1.29, 1.82) is 0 Å². The maximum atomic E-state index is 13.1. The van der Waals surface area contributed by atoms with Crippen molar-refractivity contribution in [2.75, 3.05) is 13.2 Å². The molecule has 21 heavy (non-hydrogen) atoms. The molecule has 0 aliphatic carbocycles. The minimum atomic E-state index is -0.629. The predicted octanol–water partition coefficient (Wildman–Crippen LogP) is 2.65. The van der Waals surface area contributed by atoms with Crippen LogP contribution in [0.3, 0.4) is 0 Å². The van der Waals surface area contributed by atoms with Gasteiger partial charge < -0.3 is 19.6 Å². The summed E-state index contributed by atoms with van der Waals surface area (Å²) in [6.07, 6.45) is 0.952. The molecule has 2 rings (SSSR count). The van der Waals surface area contributed by atoms with Crippen molar-refractivity contribution in [2.24, 2.45) is 0 Å². The smallest absolute Gasteiger partial charge is 0.129 e. The van der Waals surface area contributed by atoms with E-state index in [-0.39, 0.29) is 18.5 Å². The fourth-order valence-corrected chi connectivity index (χ4v) is 1.96. The van der Waals surface area contributed by atoms with Gasteiger partial charge in [-0.2, -0.15) is 0 Å². The van der Waals surface area contributed by atoms with Crippen molar-refractivity contribution in [1.82, 2.24) is 5.32 Å². The fourth-order valence-electron chi connectivity index (χ4n) is 1.96. The van der Waals surface area contributed by atoms with Gasteiger partial charge in [0.25, 0.3) is 0 Å². The number of rotatable bonds is 8. The molecule has 114 valence electrons. The lowest BCUT2D eigenvalue weighted by Gasteiger charge is -2.17. The second-order valence-electron chi connectivity index (χ2n) is 4.93. The van der Waals surface area contributed by atoms with Gasteiger partial charge in [-0.15, -0.1) is 0 Å². The van der Waals surface area contributed by atoms with Crippen molar-refractivity contribution >= 4 is 0 Å². The van der Waals surface area contributed by atoms with E-state index in [1.807, 2.05) is 19.1 Å². The largest absolute Gasteiger partial charge is 0.467 e. The van der Waals surface area contributed by atoms with Crippen LogP contribution in [0.25, 0.3) is 0 Å². The standard InChI is InChI=1S/C16H20FNO3/c1-12(13-4-2-5-14(17)8-13)18-9-15(19)10-20-11-16-6-3-7-21-16/h2-8,12,15,18-19H,9-11H2,1H3/t12-,15?/m1/s1. The summed E-state index contributed by atoms with van der Waals surface area (Å²) in [6, 6.07) is 9.98. The third-order valence-electron chi connectivity index (χ3n) is 3.14. The average Bonchev–Trinajstić information content (AvgIpc) is 2.98. The zero-order chi connectivity index (χ0) is 15.1. The van der Waals surface area contributed by atoms with E-state index in [1.54, 1.807) is 18.4 Å². The van der Waals surface area contributed by atoms with Crippen LogP contribution in [0, 0.1) is 5.82 Å². The molecule has 0 amide bonds. The quantitative estimate of drug-likeness (QED) is 0.785. The number of halogens is 1. The molecular weight excluding hydrogens is 273 g/mol. The molecule has 1 unspecified atom stereocenters. The van der Waals surface area contributed by atoms with Crippen LogP contribution in [0.2, 0.25) is 0 Å². The number of ether oxygens (including phenoxy) is 1. The van der Waals surface area contributed by atoms with Crippen LogP contribution in [-0.2, 0) is 11.3 Å². The SMILES string of the molecule is C[C@@H](NCC(O)COCc1ccco1)c1cccc(F)c1. The number of hydrogen-bond donors (Lipinski definition) is 2. The van der Waals surface area contributed by atoms with E-state index in [1.165, 1.54) is 12.1 Å². The molecule has 0 spiro atoms. The molecule has 0 bridgehead atoms. The Morgan fingerprint density at radius 1 is 1.33 bits per heavy atom. The molecule has 0 aliphatic heterocycles. The topological polar surface area (TPSA) is 54.6 Å². The molecule has 5 heteroatoms. The van der Waals surface area contributed by atoms with Gasteiger partial charge in [0.1, 0.15) is 18.2 Å². The summed E-state index contributed by atoms with van der Waals surface area (Å²) < 4.78 is 23.6. The number of furan rings is 1. The molecule has 1 aromatic carbocycles. The van der Waals surface area contributed by atoms with Gasteiger partial charge in [-0.05, 0) is 36.8 Å². The Bertz CT molecular complexity index is 530. The normalized spacial score (nSPS) is 14.0. The van der Waals surface area contributed by atoms with Gasteiger partial charge in [0.2, 0.25) is 0 Å². The van der Waals surface area contributed by atoms with Gasteiger partial charge in [-0.3, -0.25) is 0 Å². The molecule has 0 aliphatic rings. The zero-order valence-corrected chi connectivity index (χ0v) is 12.0. The van der Waals surface area contributed by atoms with E-state index in [9.17, 15) is 9.50 Å². The second kappa shape index (κ2) is 7.93. The molecule has 2 aromatic rings. The predicted molar refractivity (Wildman–Crippen MR) is 77.2 cm³/mol. The molecule has 0 radical (unpaired) electrons. The molecule has 0 saturated heterocycles. The Labute approximate surface area is 123 Å². The van der Waals surface area contributed by atoms with Crippen LogP contribution in [0.1, 0.15) is 24.3 Å². The van der Waals surface area contributed by atoms with Crippen LogP contribution in [0.4, 0.5) is 4.39 Å². The zero-order valence-electron chi connectivity index (χ0n) is 12.0. The minimum Gasteiger partial charge on any atom is -0.467 e. The van der Waals surface area contributed by atoms with Crippen LogP contribution >= 0.6 is 0 Å². The first-order valence-corrected chi connectivity index (χ1v) is 6.92. The van der Waals surface area contributed by atoms with E-state index < -0.39 is 6.10 Å². The summed E-state index contributed by atoms with van der Waals surface area (Å²) >= 11 is 0. The van der Waals surface area contributed by atoms with Gasteiger partial charge in [-0.25, -0.2) is 4.39 Å². The summed E-state index contributed by atoms with van der Waals surface area (Å²) in [5.41, 5.74) is 0.846. The Hall–Kier alpha value is -1.69. The van der Waals surface area contributed by atoms with Gasteiger partial charge in [0.15, 0.2) is 0 Å². The maximum Gasteiger partial charge on any atom is 0.129 e. The van der Waals surface area contributed by atoms with Crippen molar-refractivity contribution in [3.63, 3.8) is 0 Å². The van der Waals surface area contributed by atoms with E-state index in [2.05, 4.69) is 5.32 Å². The molecule has 0 fully saturated rings. The number of hydrogen-bond acceptors (Lipinski definition) is 4. The lowest BCUT2D eigenvalue weighted by molar-refractivity contribution is 0.0217. The number of nitrogens with one attached hydrogen (secondary N) is 1. The maximum absolute atomic E-state index is 13.1. The fraction of sp³-hybridized carbons (Fsp3) is 0.375. The Kier molecular flexibility index (Phi) is 5.92. The molecule has 2 N–H and O–H groups in total. The molecule has 0 saturated carbocycles. The highest BCUT2D eigenvalue weighted by Crippen LogP contribution is 2.13. The summed E-state index contributed by atoms with van der Waals surface area (Å²) in [5, 5.41) is 13.0. The monoisotopic (exact) mass is 293 g/mol. The Morgan fingerprint density at radius 3 is 2.90 bits per heavy atom. The Morgan fingerprint density at radius 2 is 2.19 bits per heavy atom. The highest BCUT2D eigenvalue weighted by Gasteiger charge is 2.10. The Balaban J connectivity index is 1.67. The lowest BCUT2D eigenvalue weighted by atomic mass is 10.1. The van der Waals surface area contributed by atoms with Gasteiger partial charge in [0, 0.05) is 12.6 Å². The lowest BCUT2D eigenvalue weighted by Crippen LogP contribution is -2.32. The third kappa shape index (κ3) is 5.30. The summed E-state index contributed by atoms with van der Waals surface area (Å²) in [5.74, 6) is 0.465. The van der Waals surface area contributed by atoms with Crippen molar-refractivity contribution in [3.05, 3.63) is 59.8 Å². The first-order valence-electron chi connectivity index (χ1n) is 6.92. The van der Waals surface area contributed by atoms with Gasteiger partial charge in [0.05, 0.1) is 19.0 Å². The van der Waals surface area contributed by atoms with Crippen molar-refractivity contribution < 1.29 is 18.7 Å². The molecule has 1 heterocycles. The minimum absolute atomic E-state index is 0.0413. The van der Waals surface area contributed by atoms with E-state index in [0.717, 1.165) is 11.3 Å². The molecule has 1 aromatic heterocycles. The third-order valence-corrected chi connectivity index (χ3v) is 3.14. The number of aliphatic hydroxyl groups excluding tert-OH is 1. The first-order chi connectivity index (χ1) is 10.1. The van der Waals surface area contributed by atoms with E-state index in [4.69, 9.17) is 9.15 Å². The van der Waals surface area contributed by atoms with Crippen molar-refractivity contribution in [2.45, 2.75) is 25.7 Å². The number of benzene rings is 1. The highest BCUT2D eigenvalue weighted by atomic mass is 19.1. The van der Waals surface area contributed by atoms with Crippen molar-refractivity contribution in [3.8, 4) is 0 Å². The highest BCUT2D eigenvalue weighted by molar-refractivity contribution is 5.19. The van der Waals surface area contributed by atoms with Gasteiger partial charge in [-0.1, -0.05) is 12.1 Å². The average molecular weight is 293 g/mol. The van der Waals surface area contributed by atoms with E-state index >= 15 is 0 Å². The molecule has 4 nitrogen and oxygen atoms in total. The van der Waals surface area contributed by atoms with Crippen LogP contribution in [0.15, 0.2) is 47.1 Å². The number of aliphatic hydroxyl groups is 1. The molecule has 2 atom stereocenters. The molecular formula is C16H20FNO3. The van der Waals surface area contributed by atoms with E-state index in [0.29, 0.717) is 13.2 Å². The van der Waals surface area contributed by atoms with Crippen LogP contribution < -0.4 is 5.32 Å². The van der Waals surface area contributed by atoms with Crippen LogP contribution in [0.5, 0.6) is 0 Å². The second-order valence-corrected chi connectivity index (χ2v) is 4.93. The van der Waals surface area contributed by atoms with Gasteiger partial charge >= 0.3 is 0 Å². The summed E-state index contributed by atoms with van der Waals surface area (Å²) in [7, 11) is 0. The summed E-state index contributed by atoms with van der Waals surface area (Å²) in [4.78, 5) is 0. The summed E-state index contributed by atoms with van der Waals surface area (Å²) in [6.45, 7) is 2.84.